The number of nitrogens with zero attached hydrogens (tertiary/aromatic N) is 2. The molecule has 1 heterocycles. The molecule has 6 heteroatoms. The monoisotopic (exact) mass is 372 g/mol. The van der Waals surface area contributed by atoms with Gasteiger partial charge in [-0.25, -0.2) is 0 Å². The van der Waals surface area contributed by atoms with Gasteiger partial charge in [-0.1, -0.05) is 28.1 Å². The first-order chi connectivity index (χ1) is 10.7. The first-order valence-corrected chi connectivity index (χ1v) is 8.48. The molecule has 1 fully saturated rings. The summed E-state index contributed by atoms with van der Waals surface area (Å²) in [6.45, 7) is 5.76. The SMILES string of the molecule is COCCOCOc1ccc(C(Br)N2CCN(C)CC2)cc1. The second-order valence-electron chi connectivity index (χ2n) is 5.41. The van der Waals surface area contributed by atoms with Crippen LogP contribution in [0.4, 0.5) is 0 Å². The highest BCUT2D eigenvalue weighted by atomic mass is 79.9. The summed E-state index contributed by atoms with van der Waals surface area (Å²) >= 11 is 3.80. The normalized spacial score (nSPS) is 18.3. The van der Waals surface area contributed by atoms with Gasteiger partial charge in [0.1, 0.15) is 5.75 Å². The maximum absolute atomic E-state index is 5.53. The Hall–Kier alpha value is -0.660. The average Bonchev–Trinajstić information content (AvgIpc) is 2.55. The average molecular weight is 373 g/mol. The fraction of sp³-hybridized carbons (Fsp3) is 0.625. The molecule has 0 N–H and O–H groups in total. The Balaban J connectivity index is 1.78. The molecule has 0 aromatic heterocycles. The van der Waals surface area contributed by atoms with Crippen molar-refractivity contribution in [3.63, 3.8) is 0 Å². The van der Waals surface area contributed by atoms with Crippen molar-refractivity contribution in [2.24, 2.45) is 0 Å². The standard InChI is InChI=1S/C16H25BrN2O3/c1-18-7-9-19(10-8-18)16(17)14-3-5-15(6-4-14)22-13-21-12-11-20-2/h3-6,16H,7-13H2,1-2H3. The fourth-order valence-corrected chi connectivity index (χ4v) is 3.01. The van der Waals surface area contributed by atoms with Gasteiger partial charge in [0.15, 0.2) is 6.79 Å². The molecule has 1 aliphatic rings. The Labute approximate surface area is 141 Å². The van der Waals surface area contributed by atoms with E-state index < -0.39 is 0 Å². The van der Waals surface area contributed by atoms with Gasteiger partial charge < -0.3 is 19.1 Å². The fourth-order valence-electron chi connectivity index (χ4n) is 2.29. The summed E-state index contributed by atoms with van der Waals surface area (Å²) < 4.78 is 15.7. The van der Waals surface area contributed by atoms with Crippen LogP contribution in [0.2, 0.25) is 0 Å². The van der Waals surface area contributed by atoms with E-state index in [1.165, 1.54) is 5.56 Å². The molecule has 1 unspecified atom stereocenters. The molecule has 0 bridgehead atoms. The van der Waals surface area contributed by atoms with Crippen molar-refractivity contribution < 1.29 is 14.2 Å². The Morgan fingerprint density at radius 3 is 2.41 bits per heavy atom. The van der Waals surface area contributed by atoms with Crippen molar-refractivity contribution in [1.29, 1.82) is 0 Å². The van der Waals surface area contributed by atoms with Crippen molar-refractivity contribution in [3.8, 4) is 5.75 Å². The van der Waals surface area contributed by atoms with Crippen LogP contribution < -0.4 is 4.74 Å². The lowest BCUT2D eigenvalue weighted by molar-refractivity contribution is -0.00848. The van der Waals surface area contributed by atoms with Gasteiger partial charge in [-0.3, -0.25) is 4.90 Å². The first-order valence-electron chi connectivity index (χ1n) is 7.57. The Morgan fingerprint density at radius 1 is 1.09 bits per heavy atom. The quantitative estimate of drug-likeness (QED) is 0.302. The van der Waals surface area contributed by atoms with E-state index in [4.69, 9.17) is 14.2 Å². The van der Waals surface area contributed by atoms with Crippen LogP contribution in [-0.4, -0.2) is 70.1 Å². The number of alkyl halides is 1. The van der Waals surface area contributed by atoms with Gasteiger partial charge >= 0.3 is 0 Å². The molecule has 1 aromatic carbocycles. The van der Waals surface area contributed by atoms with Gasteiger partial charge in [0.05, 0.1) is 18.2 Å². The second-order valence-corrected chi connectivity index (χ2v) is 6.27. The molecule has 0 radical (unpaired) electrons. The molecule has 1 aliphatic heterocycles. The van der Waals surface area contributed by atoms with E-state index in [1.54, 1.807) is 7.11 Å². The molecule has 0 amide bonds. The van der Waals surface area contributed by atoms with Crippen LogP contribution in [-0.2, 0) is 9.47 Å². The number of piperazine rings is 1. The van der Waals surface area contributed by atoms with Crippen molar-refractivity contribution in [2.45, 2.75) is 4.95 Å². The predicted octanol–water partition coefficient (Wildman–Crippen LogP) is 2.33. The molecular formula is C16H25BrN2O3. The largest absolute Gasteiger partial charge is 0.468 e. The third-order valence-corrected chi connectivity index (χ3v) is 4.86. The summed E-state index contributed by atoms with van der Waals surface area (Å²) in [6.07, 6.45) is 0. The van der Waals surface area contributed by atoms with E-state index in [0.717, 1.165) is 31.9 Å². The predicted molar refractivity (Wildman–Crippen MR) is 90.5 cm³/mol. The first kappa shape index (κ1) is 17.7. The summed E-state index contributed by atoms with van der Waals surface area (Å²) in [4.78, 5) is 5.06. The maximum atomic E-state index is 5.53. The number of benzene rings is 1. The summed E-state index contributed by atoms with van der Waals surface area (Å²) in [6, 6.07) is 8.17. The van der Waals surface area contributed by atoms with Gasteiger partial charge in [-0.15, -0.1) is 0 Å². The maximum Gasteiger partial charge on any atom is 0.189 e. The lowest BCUT2D eigenvalue weighted by Crippen LogP contribution is -2.44. The summed E-state index contributed by atoms with van der Waals surface area (Å²) in [5.74, 6) is 0.819. The molecule has 124 valence electrons. The molecule has 1 saturated heterocycles. The van der Waals surface area contributed by atoms with Crippen LogP contribution >= 0.6 is 15.9 Å². The Morgan fingerprint density at radius 2 is 1.77 bits per heavy atom. The summed E-state index contributed by atoms with van der Waals surface area (Å²) in [7, 11) is 3.82. The zero-order valence-electron chi connectivity index (χ0n) is 13.3. The zero-order valence-corrected chi connectivity index (χ0v) is 14.9. The van der Waals surface area contributed by atoms with Gasteiger partial charge in [0.2, 0.25) is 0 Å². The molecule has 5 nitrogen and oxygen atoms in total. The minimum Gasteiger partial charge on any atom is -0.468 e. The third kappa shape index (κ3) is 5.52. The molecule has 1 aromatic rings. The molecule has 0 saturated carbocycles. The van der Waals surface area contributed by atoms with E-state index in [-0.39, 0.29) is 11.7 Å². The highest BCUT2D eigenvalue weighted by Crippen LogP contribution is 2.29. The number of halogens is 1. The van der Waals surface area contributed by atoms with Crippen LogP contribution in [0.1, 0.15) is 10.5 Å². The van der Waals surface area contributed by atoms with Crippen LogP contribution in [0.15, 0.2) is 24.3 Å². The van der Waals surface area contributed by atoms with E-state index in [9.17, 15) is 0 Å². The molecule has 2 rings (SSSR count). The molecule has 22 heavy (non-hydrogen) atoms. The molecule has 0 aliphatic carbocycles. The highest BCUT2D eigenvalue weighted by molar-refractivity contribution is 9.09. The molecular weight excluding hydrogens is 348 g/mol. The van der Waals surface area contributed by atoms with Crippen LogP contribution in [0.25, 0.3) is 0 Å². The third-order valence-electron chi connectivity index (χ3n) is 3.75. The number of hydrogen-bond donors (Lipinski definition) is 0. The van der Waals surface area contributed by atoms with Crippen LogP contribution in [0.5, 0.6) is 5.75 Å². The van der Waals surface area contributed by atoms with E-state index in [0.29, 0.717) is 13.2 Å². The van der Waals surface area contributed by atoms with Gasteiger partial charge in [-0.05, 0) is 24.7 Å². The van der Waals surface area contributed by atoms with Crippen molar-refractivity contribution in [1.82, 2.24) is 9.80 Å². The summed E-state index contributed by atoms with van der Waals surface area (Å²) in [5.41, 5.74) is 1.25. The number of likely N-dealkylation sites (N-methyl/N-ethyl adjacent to an activating group) is 1. The zero-order chi connectivity index (χ0) is 15.8. The highest BCUT2D eigenvalue weighted by Gasteiger charge is 2.21. The van der Waals surface area contributed by atoms with Crippen molar-refractivity contribution >= 4 is 15.9 Å². The Bertz CT molecular complexity index is 422. The Kier molecular flexibility index (Phi) is 7.62. The van der Waals surface area contributed by atoms with E-state index >= 15 is 0 Å². The van der Waals surface area contributed by atoms with Crippen LogP contribution in [0, 0.1) is 0 Å². The second kappa shape index (κ2) is 9.47. The van der Waals surface area contributed by atoms with Crippen LogP contribution in [0.3, 0.4) is 0 Å². The van der Waals surface area contributed by atoms with Crippen molar-refractivity contribution in [3.05, 3.63) is 29.8 Å². The van der Waals surface area contributed by atoms with E-state index in [2.05, 4.69) is 44.9 Å². The minimum absolute atomic E-state index is 0.249. The number of methoxy groups -OCH3 is 1. The molecule has 1 atom stereocenters. The van der Waals surface area contributed by atoms with Gasteiger partial charge in [0.25, 0.3) is 0 Å². The summed E-state index contributed by atoms with van der Waals surface area (Å²) in [5, 5.41) is 0. The minimum atomic E-state index is 0.249. The number of hydrogen-bond acceptors (Lipinski definition) is 5. The van der Waals surface area contributed by atoms with Crippen molar-refractivity contribution in [2.75, 3.05) is 60.3 Å². The lowest BCUT2D eigenvalue weighted by Gasteiger charge is -2.35. The number of ether oxygens (including phenoxy) is 3. The number of rotatable bonds is 8. The lowest BCUT2D eigenvalue weighted by atomic mass is 10.2. The van der Waals surface area contributed by atoms with Gasteiger partial charge in [-0.2, -0.15) is 0 Å². The topological polar surface area (TPSA) is 34.2 Å². The smallest absolute Gasteiger partial charge is 0.189 e. The van der Waals surface area contributed by atoms with E-state index in [1.807, 2.05) is 12.1 Å². The molecule has 0 spiro atoms. The van der Waals surface area contributed by atoms with Gasteiger partial charge in [0, 0.05) is 33.3 Å².